The van der Waals surface area contributed by atoms with E-state index in [1.54, 1.807) is 25.5 Å². The standard InChI is InChI=1S/C19H27N3O3S/c1-20-18(22-13-19(24-2)7-9-25-10-8-19)21-12-15(23)17-11-14-5-3-4-6-16(14)26-17/h3-6,11,15,23H,7-10,12-13H2,1-2H3,(H2,20,21,22). The van der Waals surface area contributed by atoms with Crippen LogP contribution in [0, 0.1) is 0 Å². The Labute approximate surface area is 158 Å². The Morgan fingerprint density at radius 1 is 1.35 bits per heavy atom. The van der Waals surface area contributed by atoms with Crippen LogP contribution in [0.2, 0.25) is 0 Å². The number of aliphatic imine (C=N–C) groups is 1. The maximum Gasteiger partial charge on any atom is 0.191 e. The highest BCUT2D eigenvalue weighted by atomic mass is 32.1. The van der Waals surface area contributed by atoms with E-state index in [1.807, 2.05) is 18.2 Å². The summed E-state index contributed by atoms with van der Waals surface area (Å²) in [6.45, 7) is 2.49. The van der Waals surface area contributed by atoms with Crippen LogP contribution in [0.3, 0.4) is 0 Å². The molecule has 3 N–H and O–H groups in total. The summed E-state index contributed by atoms with van der Waals surface area (Å²) >= 11 is 1.62. The van der Waals surface area contributed by atoms with Crippen molar-refractivity contribution in [3.8, 4) is 0 Å². The summed E-state index contributed by atoms with van der Waals surface area (Å²) in [5.74, 6) is 0.660. The van der Waals surface area contributed by atoms with E-state index in [2.05, 4.69) is 27.8 Å². The Bertz CT molecular complexity index is 707. The van der Waals surface area contributed by atoms with Gasteiger partial charge in [-0.15, -0.1) is 11.3 Å². The highest BCUT2D eigenvalue weighted by molar-refractivity contribution is 7.19. The Morgan fingerprint density at radius 3 is 2.81 bits per heavy atom. The molecule has 1 aliphatic heterocycles. The molecule has 1 saturated heterocycles. The van der Waals surface area contributed by atoms with E-state index in [9.17, 15) is 5.11 Å². The monoisotopic (exact) mass is 377 g/mol. The van der Waals surface area contributed by atoms with Crippen LogP contribution < -0.4 is 10.6 Å². The lowest BCUT2D eigenvalue weighted by molar-refractivity contribution is -0.0855. The van der Waals surface area contributed by atoms with E-state index in [4.69, 9.17) is 9.47 Å². The van der Waals surface area contributed by atoms with Crippen molar-refractivity contribution in [1.82, 2.24) is 10.6 Å². The summed E-state index contributed by atoms with van der Waals surface area (Å²) in [7, 11) is 3.47. The second-order valence-corrected chi connectivity index (χ2v) is 7.62. The molecule has 0 aliphatic carbocycles. The molecule has 3 rings (SSSR count). The number of thiophene rings is 1. The Kier molecular flexibility index (Phi) is 6.48. The first kappa shape index (κ1) is 19.1. The number of fused-ring (bicyclic) bond motifs is 1. The molecule has 0 radical (unpaired) electrons. The number of methoxy groups -OCH3 is 1. The molecule has 1 unspecified atom stereocenters. The van der Waals surface area contributed by atoms with Crippen molar-refractivity contribution in [2.24, 2.45) is 4.99 Å². The van der Waals surface area contributed by atoms with Crippen LogP contribution in [0.15, 0.2) is 35.3 Å². The summed E-state index contributed by atoms with van der Waals surface area (Å²) in [5, 5.41) is 18.2. The molecule has 6 nitrogen and oxygen atoms in total. The number of hydrogen-bond acceptors (Lipinski definition) is 5. The zero-order chi connectivity index (χ0) is 18.4. The van der Waals surface area contributed by atoms with Crippen LogP contribution in [0.5, 0.6) is 0 Å². The molecule has 0 bridgehead atoms. The molecule has 142 valence electrons. The van der Waals surface area contributed by atoms with Gasteiger partial charge in [-0.1, -0.05) is 18.2 Å². The van der Waals surface area contributed by atoms with Crippen LogP contribution in [0.25, 0.3) is 10.1 Å². The molecule has 7 heteroatoms. The second kappa shape index (κ2) is 8.81. The average Bonchev–Trinajstić information content (AvgIpc) is 3.13. The van der Waals surface area contributed by atoms with Gasteiger partial charge in [0.05, 0.1) is 5.60 Å². The Balaban J connectivity index is 1.53. The first-order chi connectivity index (χ1) is 12.7. The molecule has 26 heavy (non-hydrogen) atoms. The minimum atomic E-state index is -0.578. The van der Waals surface area contributed by atoms with Gasteiger partial charge < -0.3 is 25.2 Å². The van der Waals surface area contributed by atoms with Crippen molar-refractivity contribution < 1.29 is 14.6 Å². The van der Waals surface area contributed by atoms with E-state index in [0.717, 1.165) is 23.1 Å². The summed E-state index contributed by atoms with van der Waals surface area (Å²) < 4.78 is 12.3. The topological polar surface area (TPSA) is 75.1 Å². The summed E-state index contributed by atoms with van der Waals surface area (Å²) in [4.78, 5) is 5.20. The van der Waals surface area contributed by atoms with Crippen molar-refractivity contribution in [2.45, 2.75) is 24.5 Å². The van der Waals surface area contributed by atoms with Gasteiger partial charge in [0.2, 0.25) is 0 Å². The maximum absolute atomic E-state index is 10.5. The largest absolute Gasteiger partial charge is 0.386 e. The van der Waals surface area contributed by atoms with Gasteiger partial charge >= 0.3 is 0 Å². The van der Waals surface area contributed by atoms with E-state index in [1.165, 1.54) is 4.70 Å². The molecule has 2 aromatic rings. The molecule has 1 aromatic heterocycles. The lowest BCUT2D eigenvalue weighted by Crippen LogP contribution is -2.51. The van der Waals surface area contributed by atoms with Gasteiger partial charge in [0.15, 0.2) is 5.96 Å². The van der Waals surface area contributed by atoms with Gasteiger partial charge in [-0.2, -0.15) is 0 Å². The first-order valence-corrected chi connectivity index (χ1v) is 9.71. The average molecular weight is 378 g/mol. The molecule has 1 fully saturated rings. The molecular formula is C19H27N3O3S. The SMILES string of the molecule is CN=C(NCC(O)c1cc2ccccc2s1)NCC1(OC)CCOCC1. The van der Waals surface area contributed by atoms with Crippen LogP contribution in [0.4, 0.5) is 0 Å². The number of nitrogens with zero attached hydrogens (tertiary/aromatic N) is 1. The van der Waals surface area contributed by atoms with E-state index in [-0.39, 0.29) is 5.60 Å². The summed E-state index contributed by atoms with van der Waals surface area (Å²) in [6, 6.07) is 10.2. The third kappa shape index (κ3) is 4.54. The predicted molar refractivity (Wildman–Crippen MR) is 106 cm³/mol. The molecule has 1 aromatic carbocycles. The lowest BCUT2D eigenvalue weighted by atomic mass is 9.94. The number of aliphatic hydroxyl groups excluding tert-OH is 1. The highest BCUT2D eigenvalue weighted by Crippen LogP contribution is 2.29. The Hall–Kier alpha value is -1.67. The van der Waals surface area contributed by atoms with Crippen molar-refractivity contribution in [3.05, 3.63) is 35.2 Å². The number of nitrogens with one attached hydrogen (secondary N) is 2. The number of rotatable bonds is 6. The van der Waals surface area contributed by atoms with Crippen LogP contribution in [0.1, 0.15) is 23.8 Å². The van der Waals surface area contributed by atoms with Crippen molar-refractivity contribution in [1.29, 1.82) is 0 Å². The van der Waals surface area contributed by atoms with Crippen molar-refractivity contribution >= 4 is 27.4 Å². The smallest absolute Gasteiger partial charge is 0.191 e. The van der Waals surface area contributed by atoms with Crippen molar-refractivity contribution in [2.75, 3.05) is 40.5 Å². The molecule has 1 aliphatic rings. The minimum Gasteiger partial charge on any atom is -0.386 e. The lowest BCUT2D eigenvalue weighted by Gasteiger charge is -2.36. The fraction of sp³-hybridized carbons (Fsp3) is 0.526. The molecule has 0 saturated carbocycles. The number of guanidine groups is 1. The normalized spacial score (nSPS) is 18.7. The molecule has 2 heterocycles. The maximum atomic E-state index is 10.5. The van der Waals surface area contributed by atoms with Gasteiger partial charge in [-0.25, -0.2) is 0 Å². The van der Waals surface area contributed by atoms with Gasteiger partial charge in [-0.05, 0) is 17.5 Å². The molecule has 0 spiro atoms. The first-order valence-electron chi connectivity index (χ1n) is 8.90. The number of ether oxygens (including phenoxy) is 2. The molecule has 0 amide bonds. The number of aliphatic hydroxyl groups is 1. The van der Waals surface area contributed by atoms with E-state index >= 15 is 0 Å². The zero-order valence-electron chi connectivity index (χ0n) is 15.3. The Morgan fingerprint density at radius 2 is 2.12 bits per heavy atom. The predicted octanol–water partition coefficient (Wildman–Crippen LogP) is 2.30. The molecular weight excluding hydrogens is 350 g/mol. The van der Waals surface area contributed by atoms with Gasteiger partial charge in [-0.3, -0.25) is 4.99 Å². The van der Waals surface area contributed by atoms with Crippen LogP contribution in [-0.4, -0.2) is 57.1 Å². The van der Waals surface area contributed by atoms with Crippen LogP contribution in [-0.2, 0) is 9.47 Å². The van der Waals surface area contributed by atoms with Gasteiger partial charge in [0.25, 0.3) is 0 Å². The quantitative estimate of drug-likeness (QED) is 0.532. The van der Waals surface area contributed by atoms with E-state index in [0.29, 0.717) is 32.3 Å². The van der Waals surface area contributed by atoms with E-state index < -0.39 is 6.10 Å². The van der Waals surface area contributed by atoms with Crippen LogP contribution >= 0.6 is 11.3 Å². The second-order valence-electron chi connectivity index (χ2n) is 6.51. The fourth-order valence-electron chi connectivity index (χ4n) is 3.12. The third-order valence-corrected chi connectivity index (χ3v) is 6.09. The minimum absolute atomic E-state index is 0.222. The van der Waals surface area contributed by atoms with Gasteiger partial charge in [0, 0.05) is 62.9 Å². The third-order valence-electron chi connectivity index (χ3n) is 4.87. The zero-order valence-corrected chi connectivity index (χ0v) is 16.1. The highest BCUT2D eigenvalue weighted by Gasteiger charge is 2.32. The molecule has 1 atom stereocenters. The fourth-order valence-corrected chi connectivity index (χ4v) is 4.17. The van der Waals surface area contributed by atoms with Gasteiger partial charge in [0.1, 0.15) is 6.10 Å². The number of benzene rings is 1. The summed E-state index contributed by atoms with van der Waals surface area (Å²) in [5.41, 5.74) is -0.222. The summed E-state index contributed by atoms with van der Waals surface area (Å²) in [6.07, 6.45) is 1.14. The van der Waals surface area contributed by atoms with Crippen molar-refractivity contribution in [3.63, 3.8) is 0 Å². The number of hydrogen-bond donors (Lipinski definition) is 3.